The maximum atomic E-state index is 12.8. The number of ketones is 1. The molecule has 2 aromatic carbocycles. The first-order chi connectivity index (χ1) is 17.7. The number of para-hydroxylation sites is 1. The van der Waals surface area contributed by atoms with Gasteiger partial charge >= 0.3 is 6.03 Å². The summed E-state index contributed by atoms with van der Waals surface area (Å²) in [5.74, 6) is -0.0749. The van der Waals surface area contributed by atoms with Crippen molar-refractivity contribution in [1.82, 2.24) is 4.90 Å². The molecule has 1 aliphatic rings. The highest BCUT2D eigenvalue weighted by Gasteiger charge is 2.24. The number of hydrogen-bond acceptors (Lipinski definition) is 6. The van der Waals surface area contributed by atoms with Crippen molar-refractivity contribution >= 4 is 33.0 Å². The predicted molar refractivity (Wildman–Crippen MR) is 149 cm³/mol. The van der Waals surface area contributed by atoms with E-state index >= 15 is 0 Å². The number of sulfone groups is 1. The Morgan fingerprint density at radius 2 is 1.65 bits per heavy atom. The molecule has 2 amide bonds. The molecule has 9 heteroatoms. The van der Waals surface area contributed by atoms with Crippen LogP contribution in [0.25, 0.3) is 0 Å². The third-order valence-electron chi connectivity index (χ3n) is 6.99. The topological polar surface area (TPSA) is 113 Å². The van der Waals surface area contributed by atoms with Gasteiger partial charge in [0.05, 0.1) is 10.6 Å². The number of rotatable bonds is 13. The van der Waals surface area contributed by atoms with Gasteiger partial charge in [-0.2, -0.15) is 0 Å². The van der Waals surface area contributed by atoms with Gasteiger partial charge in [0.15, 0.2) is 15.6 Å². The average Bonchev–Trinajstić information content (AvgIpc) is 2.87. The Morgan fingerprint density at radius 3 is 2.27 bits per heavy atom. The van der Waals surface area contributed by atoms with Crippen molar-refractivity contribution < 1.29 is 18.0 Å². The summed E-state index contributed by atoms with van der Waals surface area (Å²) in [6, 6.07) is 14.5. The first-order valence-electron chi connectivity index (χ1n) is 13.2. The van der Waals surface area contributed by atoms with Crippen LogP contribution in [-0.4, -0.2) is 63.6 Å². The molecule has 3 N–H and O–H groups in total. The number of nitrogens with two attached hydrogens (primary N) is 1. The van der Waals surface area contributed by atoms with Gasteiger partial charge in [-0.05, 0) is 49.6 Å². The third kappa shape index (κ3) is 8.57. The summed E-state index contributed by atoms with van der Waals surface area (Å²) in [6.45, 7) is 6.36. The molecule has 1 aliphatic heterocycles. The SMILES string of the molecule is CCCCC(CCCCC(=O)c1ccc(S(C)(=O)=O)c(NC(N)=O)c1)N1CCN(c2ccccc2)CC1. The number of primary amides is 1. The van der Waals surface area contributed by atoms with E-state index < -0.39 is 15.9 Å². The summed E-state index contributed by atoms with van der Waals surface area (Å²) in [5, 5.41) is 2.33. The smallest absolute Gasteiger partial charge is 0.316 e. The molecule has 202 valence electrons. The fourth-order valence-electron chi connectivity index (χ4n) is 5.00. The number of benzene rings is 2. The van der Waals surface area contributed by atoms with Crippen LogP contribution >= 0.6 is 0 Å². The molecule has 0 saturated carbocycles. The van der Waals surface area contributed by atoms with Gasteiger partial charge in [-0.25, -0.2) is 13.2 Å². The van der Waals surface area contributed by atoms with Crippen LogP contribution in [0.1, 0.15) is 62.2 Å². The van der Waals surface area contributed by atoms with Crippen molar-refractivity contribution in [2.24, 2.45) is 5.73 Å². The van der Waals surface area contributed by atoms with E-state index in [9.17, 15) is 18.0 Å². The lowest BCUT2D eigenvalue weighted by atomic mass is 9.98. The van der Waals surface area contributed by atoms with Crippen LogP contribution in [0.15, 0.2) is 53.4 Å². The first-order valence-corrected chi connectivity index (χ1v) is 15.1. The third-order valence-corrected chi connectivity index (χ3v) is 8.15. The summed E-state index contributed by atoms with van der Waals surface area (Å²) in [7, 11) is -3.58. The zero-order valence-electron chi connectivity index (χ0n) is 22.0. The zero-order valence-corrected chi connectivity index (χ0v) is 22.8. The molecule has 3 rings (SSSR count). The Labute approximate surface area is 221 Å². The standard InChI is InChI=1S/C28H40N4O4S/c1-3-4-10-23(31-17-19-32(20-18-31)24-11-6-5-7-12-24)13-8-9-14-26(33)22-15-16-27(37(2,35)36)25(21-22)30-28(29)34/h5-7,11-12,15-16,21,23H,3-4,8-10,13-14,17-20H2,1-2H3,(H3,29,30,34). The highest BCUT2D eigenvalue weighted by molar-refractivity contribution is 7.90. The van der Waals surface area contributed by atoms with Gasteiger partial charge in [-0.1, -0.05) is 44.4 Å². The van der Waals surface area contributed by atoms with E-state index in [0.717, 1.165) is 51.7 Å². The van der Waals surface area contributed by atoms with Crippen LogP contribution in [0.2, 0.25) is 0 Å². The Morgan fingerprint density at radius 1 is 0.973 bits per heavy atom. The Hall–Kier alpha value is -2.91. The van der Waals surface area contributed by atoms with E-state index in [-0.39, 0.29) is 16.4 Å². The van der Waals surface area contributed by atoms with Crippen LogP contribution in [-0.2, 0) is 9.84 Å². The quantitative estimate of drug-likeness (QED) is 0.288. The van der Waals surface area contributed by atoms with Crippen molar-refractivity contribution in [1.29, 1.82) is 0 Å². The van der Waals surface area contributed by atoms with Gasteiger partial charge in [0.2, 0.25) is 0 Å². The fourth-order valence-corrected chi connectivity index (χ4v) is 5.83. The number of anilines is 2. The van der Waals surface area contributed by atoms with Crippen LogP contribution in [0.3, 0.4) is 0 Å². The van der Waals surface area contributed by atoms with Crippen molar-refractivity contribution in [2.45, 2.75) is 62.8 Å². The number of carbonyl (C=O) groups is 2. The number of amides is 2. The van der Waals surface area contributed by atoms with E-state index in [2.05, 4.69) is 46.3 Å². The number of carbonyl (C=O) groups excluding carboxylic acids is 2. The minimum atomic E-state index is -3.58. The second kappa shape index (κ2) is 13.6. The van der Waals surface area contributed by atoms with Gasteiger partial charge in [-0.15, -0.1) is 0 Å². The monoisotopic (exact) mass is 528 g/mol. The Bertz CT molecular complexity index is 1150. The summed E-state index contributed by atoms with van der Waals surface area (Å²) in [4.78, 5) is 29.1. The van der Waals surface area contributed by atoms with E-state index in [4.69, 9.17) is 5.73 Å². The molecule has 1 saturated heterocycles. The van der Waals surface area contributed by atoms with Gasteiger partial charge in [-0.3, -0.25) is 9.69 Å². The number of nitrogens with one attached hydrogen (secondary N) is 1. The molecule has 1 atom stereocenters. The average molecular weight is 529 g/mol. The minimum Gasteiger partial charge on any atom is -0.369 e. The molecule has 1 heterocycles. The molecular formula is C28H40N4O4S. The van der Waals surface area contributed by atoms with E-state index in [1.807, 2.05) is 6.07 Å². The number of hydrogen-bond donors (Lipinski definition) is 2. The van der Waals surface area contributed by atoms with Gasteiger partial charge < -0.3 is 16.0 Å². The molecule has 8 nitrogen and oxygen atoms in total. The lowest BCUT2D eigenvalue weighted by Crippen LogP contribution is -2.50. The zero-order chi connectivity index (χ0) is 26.8. The second-order valence-electron chi connectivity index (χ2n) is 9.80. The molecule has 37 heavy (non-hydrogen) atoms. The first kappa shape index (κ1) is 28.7. The normalized spacial score (nSPS) is 15.4. The van der Waals surface area contributed by atoms with Crippen molar-refractivity contribution in [3.8, 4) is 0 Å². The van der Waals surface area contributed by atoms with Crippen LogP contribution in [0.4, 0.5) is 16.2 Å². The molecule has 1 fully saturated rings. The van der Waals surface area contributed by atoms with Gasteiger partial charge in [0.1, 0.15) is 0 Å². The van der Waals surface area contributed by atoms with E-state index in [0.29, 0.717) is 18.0 Å². The molecule has 0 aromatic heterocycles. The van der Waals surface area contributed by atoms with Crippen LogP contribution < -0.4 is 16.0 Å². The lowest BCUT2D eigenvalue weighted by molar-refractivity contribution is 0.0976. The number of piperazine rings is 1. The van der Waals surface area contributed by atoms with Gasteiger partial charge in [0, 0.05) is 56.1 Å². The molecule has 0 bridgehead atoms. The molecule has 1 unspecified atom stereocenters. The van der Waals surface area contributed by atoms with E-state index in [1.54, 1.807) is 0 Å². The van der Waals surface area contributed by atoms with Gasteiger partial charge in [0.25, 0.3) is 0 Å². The number of urea groups is 1. The van der Waals surface area contributed by atoms with Crippen LogP contribution in [0.5, 0.6) is 0 Å². The molecule has 0 aliphatic carbocycles. The highest BCUT2D eigenvalue weighted by atomic mass is 32.2. The lowest BCUT2D eigenvalue weighted by Gasteiger charge is -2.40. The highest BCUT2D eigenvalue weighted by Crippen LogP contribution is 2.25. The van der Waals surface area contributed by atoms with Crippen molar-refractivity contribution in [2.75, 3.05) is 42.7 Å². The molecule has 2 aromatic rings. The minimum absolute atomic E-state index is 0.0372. The maximum absolute atomic E-state index is 12.8. The predicted octanol–water partition coefficient (Wildman–Crippen LogP) is 4.70. The number of nitrogens with zero attached hydrogens (tertiary/aromatic N) is 2. The number of unbranched alkanes of at least 4 members (excludes halogenated alkanes) is 2. The van der Waals surface area contributed by atoms with E-state index in [1.165, 1.54) is 43.1 Å². The summed E-state index contributed by atoms with van der Waals surface area (Å²) in [6.07, 6.45) is 7.73. The fraction of sp³-hybridized carbons (Fsp3) is 0.500. The molecule has 0 radical (unpaired) electrons. The molecule has 0 spiro atoms. The summed E-state index contributed by atoms with van der Waals surface area (Å²) in [5.41, 5.74) is 6.88. The molecular weight excluding hydrogens is 488 g/mol. The Balaban J connectivity index is 1.53. The largest absolute Gasteiger partial charge is 0.369 e. The van der Waals surface area contributed by atoms with Crippen LogP contribution in [0, 0.1) is 0 Å². The van der Waals surface area contributed by atoms with Crippen molar-refractivity contribution in [3.63, 3.8) is 0 Å². The summed E-state index contributed by atoms with van der Waals surface area (Å²) >= 11 is 0. The second-order valence-corrected chi connectivity index (χ2v) is 11.8. The Kier molecular flexibility index (Phi) is 10.5. The number of Topliss-reactive ketones (excluding diaryl/α,β-unsaturated/α-hetero) is 1. The maximum Gasteiger partial charge on any atom is 0.316 e. The summed E-state index contributed by atoms with van der Waals surface area (Å²) < 4.78 is 24.0. The van der Waals surface area contributed by atoms with Crippen molar-refractivity contribution in [3.05, 3.63) is 54.1 Å².